The molecule has 0 saturated carbocycles. The van der Waals surface area contributed by atoms with Gasteiger partial charge in [0.15, 0.2) is 0 Å². The first-order valence-electron chi connectivity index (χ1n) is 11.7. The van der Waals surface area contributed by atoms with Crippen molar-refractivity contribution in [2.75, 3.05) is 0 Å². The fourth-order valence-electron chi connectivity index (χ4n) is 3.48. The van der Waals surface area contributed by atoms with Crippen LogP contribution in [0.3, 0.4) is 0 Å². The van der Waals surface area contributed by atoms with E-state index >= 15 is 0 Å². The first-order chi connectivity index (χ1) is 13.2. The molecule has 158 valence electrons. The number of allylic oxidation sites excluding steroid dienone is 4. The Hall–Kier alpha value is -1.05. The minimum Gasteiger partial charge on any atom is -0.481 e. The van der Waals surface area contributed by atoms with E-state index < -0.39 is 5.97 Å². The maximum atomic E-state index is 10.7. The van der Waals surface area contributed by atoms with Gasteiger partial charge in [-0.3, -0.25) is 4.79 Å². The summed E-state index contributed by atoms with van der Waals surface area (Å²) in [5.74, 6) is -0.682. The Morgan fingerprint density at radius 3 is 1.70 bits per heavy atom. The number of hydrogen-bond donors (Lipinski definition) is 1. The van der Waals surface area contributed by atoms with Gasteiger partial charge in [0.05, 0.1) is 0 Å². The third-order valence-corrected chi connectivity index (χ3v) is 5.16. The Labute approximate surface area is 169 Å². The molecule has 0 unspecified atom stereocenters. The number of hydrogen-bond acceptors (Lipinski definition) is 1. The first kappa shape index (κ1) is 26.0. The van der Waals surface area contributed by atoms with Gasteiger partial charge in [-0.1, -0.05) is 95.4 Å². The van der Waals surface area contributed by atoms with Crippen LogP contribution in [0.2, 0.25) is 0 Å². The molecule has 0 rings (SSSR count). The maximum absolute atomic E-state index is 10.7. The van der Waals surface area contributed by atoms with Gasteiger partial charge in [-0.2, -0.15) is 0 Å². The molecule has 0 spiro atoms. The van der Waals surface area contributed by atoms with Crippen LogP contribution in [0.1, 0.15) is 129 Å². The second-order valence-corrected chi connectivity index (χ2v) is 7.85. The quantitative estimate of drug-likeness (QED) is 0.170. The van der Waals surface area contributed by atoms with E-state index in [2.05, 4.69) is 32.1 Å². The van der Waals surface area contributed by atoms with Crippen molar-refractivity contribution in [1.29, 1.82) is 0 Å². The predicted octanol–water partition coefficient (Wildman–Crippen LogP) is 8.62. The SMILES string of the molecule is CC/C=C(/CCCCCCCC/C=C/CCCCCCCC)CCC(=O)O. The fourth-order valence-corrected chi connectivity index (χ4v) is 3.48. The van der Waals surface area contributed by atoms with Gasteiger partial charge in [-0.25, -0.2) is 0 Å². The molecule has 0 amide bonds. The van der Waals surface area contributed by atoms with Gasteiger partial charge in [-0.05, 0) is 51.4 Å². The smallest absolute Gasteiger partial charge is 0.303 e. The summed E-state index contributed by atoms with van der Waals surface area (Å²) in [6, 6.07) is 0. The Kier molecular flexibility index (Phi) is 20.4. The molecular formula is C25H46O2. The number of rotatable bonds is 20. The highest BCUT2D eigenvalue weighted by atomic mass is 16.4. The van der Waals surface area contributed by atoms with Crippen LogP contribution in [-0.2, 0) is 4.79 Å². The minimum absolute atomic E-state index is 0.276. The zero-order valence-corrected chi connectivity index (χ0v) is 18.3. The van der Waals surface area contributed by atoms with E-state index in [1.54, 1.807) is 0 Å². The van der Waals surface area contributed by atoms with Gasteiger partial charge in [0.25, 0.3) is 0 Å². The van der Waals surface area contributed by atoms with Crippen molar-refractivity contribution < 1.29 is 9.90 Å². The second-order valence-electron chi connectivity index (χ2n) is 7.85. The van der Waals surface area contributed by atoms with E-state index in [0.29, 0.717) is 0 Å². The highest BCUT2D eigenvalue weighted by Gasteiger charge is 2.02. The van der Waals surface area contributed by atoms with E-state index in [9.17, 15) is 4.79 Å². The molecule has 0 aliphatic heterocycles. The van der Waals surface area contributed by atoms with Gasteiger partial charge in [0.2, 0.25) is 0 Å². The summed E-state index contributed by atoms with van der Waals surface area (Å²) < 4.78 is 0. The molecular weight excluding hydrogens is 332 g/mol. The average Bonchev–Trinajstić information content (AvgIpc) is 2.65. The van der Waals surface area contributed by atoms with Crippen LogP contribution in [-0.4, -0.2) is 11.1 Å². The molecule has 0 aromatic carbocycles. The van der Waals surface area contributed by atoms with Crippen LogP contribution in [0.4, 0.5) is 0 Å². The van der Waals surface area contributed by atoms with E-state index in [4.69, 9.17) is 5.11 Å². The van der Waals surface area contributed by atoms with Crippen LogP contribution >= 0.6 is 0 Å². The molecule has 2 nitrogen and oxygen atoms in total. The Balaban J connectivity index is 3.39. The fraction of sp³-hybridized carbons (Fsp3) is 0.800. The van der Waals surface area contributed by atoms with Crippen LogP contribution < -0.4 is 0 Å². The summed E-state index contributed by atoms with van der Waals surface area (Å²) in [6.07, 6.45) is 28.8. The van der Waals surface area contributed by atoms with Crippen LogP contribution in [0.25, 0.3) is 0 Å². The molecule has 0 aliphatic rings. The number of carboxylic acid groups (broad SMARTS) is 1. The zero-order valence-electron chi connectivity index (χ0n) is 18.3. The average molecular weight is 379 g/mol. The van der Waals surface area contributed by atoms with Crippen LogP contribution in [0, 0.1) is 0 Å². The van der Waals surface area contributed by atoms with Gasteiger partial charge >= 0.3 is 5.97 Å². The van der Waals surface area contributed by atoms with Gasteiger partial charge < -0.3 is 5.11 Å². The Morgan fingerprint density at radius 1 is 0.667 bits per heavy atom. The van der Waals surface area contributed by atoms with Crippen molar-refractivity contribution in [3.63, 3.8) is 0 Å². The number of aliphatic carboxylic acids is 1. The standard InChI is InChI=1S/C25H46O2/c1-3-5-6-7-8-9-10-11-12-13-14-15-16-17-18-19-21-24(20-4-2)22-23-25(26)27/h11-12,20H,3-10,13-19,21-23H2,1-2H3,(H,26,27)/b12-11+,24-20-. The summed E-state index contributed by atoms with van der Waals surface area (Å²) in [7, 11) is 0. The summed E-state index contributed by atoms with van der Waals surface area (Å²) in [6.45, 7) is 4.40. The third-order valence-electron chi connectivity index (χ3n) is 5.16. The molecule has 27 heavy (non-hydrogen) atoms. The van der Waals surface area contributed by atoms with Crippen molar-refractivity contribution in [2.24, 2.45) is 0 Å². The summed E-state index contributed by atoms with van der Waals surface area (Å²) in [4.78, 5) is 10.7. The lowest BCUT2D eigenvalue weighted by atomic mass is 10.0. The molecule has 0 aliphatic carbocycles. The predicted molar refractivity (Wildman–Crippen MR) is 119 cm³/mol. The molecule has 2 heteroatoms. The first-order valence-corrected chi connectivity index (χ1v) is 11.7. The molecule has 0 fully saturated rings. The molecule has 0 bridgehead atoms. The Morgan fingerprint density at radius 2 is 1.19 bits per heavy atom. The van der Waals surface area contributed by atoms with Crippen molar-refractivity contribution >= 4 is 5.97 Å². The maximum Gasteiger partial charge on any atom is 0.303 e. The van der Waals surface area contributed by atoms with E-state index in [-0.39, 0.29) is 6.42 Å². The highest BCUT2D eigenvalue weighted by molar-refractivity contribution is 5.67. The van der Waals surface area contributed by atoms with Gasteiger partial charge in [0.1, 0.15) is 0 Å². The van der Waals surface area contributed by atoms with E-state index in [0.717, 1.165) is 19.3 Å². The monoisotopic (exact) mass is 378 g/mol. The summed E-state index contributed by atoms with van der Waals surface area (Å²) >= 11 is 0. The largest absolute Gasteiger partial charge is 0.481 e. The lowest BCUT2D eigenvalue weighted by Crippen LogP contribution is -1.96. The number of carbonyl (C=O) groups is 1. The topological polar surface area (TPSA) is 37.3 Å². The minimum atomic E-state index is -0.682. The van der Waals surface area contributed by atoms with Crippen molar-refractivity contribution in [3.05, 3.63) is 23.8 Å². The highest BCUT2D eigenvalue weighted by Crippen LogP contribution is 2.17. The van der Waals surface area contributed by atoms with Crippen LogP contribution in [0.5, 0.6) is 0 Å². The Bertz CT molecular complexity index is 382. The molecule has 0 aromatic heterocycles. The summed E-state index contributed by atoms with van der Waals surface area (Å²) in [5, 5.41) is 8.81. The zero-order chi connectivity index (χ0) is 20.0. The molecule has 0 aromatic rings. The second kappa shape index (κ2) is 21.3. The molecule has 0 heterocycles. The number of unbranched alkanes of at least 4 members (excludes halogenated alkanes) is 12. The van der Waals surface area contributed by atoms with Crippen molar-refractivity contribution in [2.45, 2.75) is 129 Å². The molecule has 0 atom stereocenters. The van der Waals surface area contributed by atoms with Crippen LogP contribution in [0.15, 0.2) is 23.8 Å². The number of carboxylic acids is 1. The van der Waals surface area contributed by atoms with E-state index in [1.165, 1.54) is 95.5 Å². The van der Waals surface area contributed by atoms with E-state index in [1.807, 2.05) is 0 Å². The molecule has 0 saturated heterocycles. The molecule has 1 N–H and O–H groups in total. The lowest BCUT2D eigenvalue weighted by molar-refractivity contribution is -0.136. The molecule has 0 radical (unpaired) electrons. The van der Waals surface area contributed by atoms with Crippen molar-refractivity contribution in [1.82, 2.24) is 0 Å². The third kappa shape index (κ3) is 21.1. The van der Waals surface area contributed by atoms with Crippen molar-refractivity contribution in [3.8, 4) is 0 Å². The summed E-state index contributed by atoms with van der Waals surface area (Å²) in [5.41, 5.74) is 1.34. The lowest BCUT2D eigenvalue weighted by Gasteiger charge is -2.06. The van der Waals surface area contributed by atoms with Gasteiger partial charge in [0, 0.05) is 6.42 Å². The van der Waals surface area contributed by atoms with Gasteiger partial charge in [-0.15, -0.1) is 0 Å². The normalized spacial score (nSPS) is 12.1.